The number of nitro groups is 1. The first-order valence-corrected chi connectivity index (χ1v) is 10.7. The van der Waals surface area contributed by atoms with Crippen molar-refractivity contribution in [2.24, 2.45) is 0 Å². The van der Waals surface area contributed by atoms with Gasteiger partial charge in [-0.3, -0.25) is 14.9 Å². The van der Waals surface area contributed by atoms with E-state index in [0.29, 0.717) is 41.5 Å². The molecule has 0 unspecified atom stereocenters. The molecule has 10 nitrogen and oxygen atoms in total. The second-order valence-corrected chi connectivity index (χ2v) is 7.91. The first kappa shape index (κ1) is 24.0. The number of nitrogen functional groups attached to an aromatic ring is 1. The van der Waals surface area contributed by atoms with Crippen LogP contribution in [0.3, 0.4) is 0 Å². The molecule has 0 spiro atoms. The number of hydrogen-bond donors (Lipinski definition) is 4. The number of hydrogen-bond acceptors (Lipinski definition) is 7. The zero-order valence-electron chi connectivity index (χ0n) is 18.0. The summed E-state index contributed by atoms with van der Waals surface area (Å²) in [6.45, 7) is 2.68. The number of pyridine rings is 1. The fourth-order valence-electron chi connectivity index (χ4n) is 3.26. The van der Waals surface area contributed by atoms with E-state index in [2.05, 4.69) is 15.6 Å². The zero-order valence-corrected chi connectivity index (χ0v) is 18.7. The first-order valence-electron chi connectivity index (χ1n) is 10.3. The Morgan fingerprint density at radius 3 is 2.70 bits per heavy atom. The summed E-state index contributed by atoms with van der Waals surface area (Å²) in [4.78, 5) is 27.1. The fourth-order valence-corrected chi connectivity index (χ4v) is 3.50. The van der Waals surface area contributed by atoms with Crippen LogP contribution in [0.25, 0.3) is 11.1 Å². The fraction of sp³-hybridized carbons (Fsp3) is 0.273. The second-order valence-electron chi connectivity index (χ2n) is 7.50. The van der Waals surface area contributed by atoms with Crippen LogP contribution in [0.2, 0.25) is 5.02 Å². The summed E-state index contributed by atoms with van der Waals surface area (Å²) in [6, 6.07) is 9.71. The highest BCUT2D eigenvalue weighted by Crippen LogP contribution is 2.31. The second kappa shape index (κ2) is 10.8. The number of aliphatic hydroxyl groups excluding tert-OH is 1. The Hall–Kier alpha value is -3.63. The van der Waals surface area contributed by atoms with Gasteiger partial charge in [0.15, 0.2) is 0 Å². The number of rotatable bonds is 10. The maximum Gasteiger partial charge on any atom is 0.311 e. The molecule has 1 aromatic carbocycles. The Morgan fingerprint density at radius 1 is 1.27 bits per heavy atom. The number of carbonyl (C=O) groups excluding carboxylic acids is 1. The number of nitrogens with one attached hydrogen (secondary N) is 2. The summed E-state index contributed by atoms with van der Waals surface area (Å²) in [5.74, 6) is 0.00173. The van der Waals surface area contributed by atoms with Crippen LogP contribution in [0, 0.1) is 10.1 Å². The third-order valence-electron chi connectivity index (χ3n) is 4.94. The van der Waals surface area contributed by atoms with Crippen LogP contribution < -0.4 is 16.4 Å². The molecule has 0 radical (unpaired) electrons. The monoisotopic (exact) mass is 472 g/mol. The van der Waals surface area contributed by atoms with Crippen molar-refractivity contribution in [3.8, 4) is 11.1 Å². The molecule has 5 N–H and O–H groups in total. The van der Waals surface area contributed by atoms with E-state index in [1.165, 1.54) is 12.1 Å². The van der Waals surface area contributed by atoms with Crippen LogP contribution in [0.4, 0.5) is 17.3 Å². The van der Waals surface area contributed by atoms with Crippen LogP contribution >= 0.6 is 11.6 Å². The minimum absolute atomic E-state index is 0.146. The smallest absolute Gasteiger partial charge is 0.311 e. The number of nitrogens with zero attached hydrogens (tertiary/aromatic N) is 3. The summed E-state index contributed by atoms with van der Waals surface area (Å²) in [5, 5.41) is 26.5. The lowest BCUT2D eigenvalue weighted by atomic mass is 10.0. The summed E-state index contributed by atoms with van der Waals surface area (Å²) in [7, 11) is 0. The molecule has 0 saturated heterocycles. The molecule has 2 heterocycles. The lowest BCUT2D eigenvalue weighted by molar-refractivity contribution is -0.384. The largest absolute Gasteiger partial charge is 0.394 e. The minimum Gasteiger partial charge on any atom is -0.394 e. The van der Waals surface area contributed by atoms with E-state index in [4.69, 9.17) is 17.3 Å². The third-order valence-corrected chi connectivity index (χ3v) is 5.27. The molecule has 0 saturated carbocycles. The molecule has 1 atom stereocenters. The molecule has 11 heteroatoms. The standard InChI is InChI=1S/C22H25ClN6O4/c1-14(13-30)26-22(31)17-12-28(11-16(17)15-5-2-3-6-18(15)23)10-4-9-25-20-8-7-19(29(32)33)21(24)27-20/h2-3,5-8,11-12,14,30H,4,9-10,13H2,1H3,(H,26,31)(H3,24,25,27)/t14-/m1/s1. The summed E-state index contributed by atoms with van der Waals surface area (Å²) in [5.41, 5.74) is 7.28. The lowest BCUT2D eigenvalue weighted by Crippen LogP contribution is -2.35. The molecule has 1 amide bonds. The molecule has 0 aliphatic rings. The minimum atomic E-state index is -0.580. The van der Waals surface area contributed by atoms with Gasteiger partial charge in [0, 0.05) is 53.7 Å². The average Bonchev–Trinajstić information content (AvgIpc) is 3.21. The van der Waals surface area contributed by atoms with Crippen LogP contribution in [0.1, 0.15) is 23.7 Å². The molecular formula is C22H25ClN6O4. The predicted octanol–water partition coefficient (Wildman–Crippen LogP) is 3.31. The van der Waals surface area contributed by atoms with E-state index < -0.39 is 4.92 Å². The van der Waals surface area contributed by atoms with Crippen molar-refractivity contribution in [1.82, 2.24) is 14.9 Å². The van der Waals surface area contributed by atoms with E-state index in [9.17, 15) is 20.0 Å². The predicted molar refractivity (Wildman–Crippen MR) is 127 cm³/mol. The molecule has 0 aliphatic heterocycles. The van der Waals surface area contributed by atoms with Crippen molar-refractivity contribution in [2.45, 2.75) is 25.9 Å². The van der Waals surface area contributed by atoms with Gasteiger partial charge in [0.25, 0.3) is 5.91 Å². The van der Waals surface area contributed by atoms with E-state index in [-0.39, 0.29) is 30.1 Å². The average molecular weight is 473 g/mol. The highest BCUT2D eigenvalue weighted by atomic mass is 35.5. The maximum atomic E-state index is 12.8. The van der Waals surface area contributed by atoms with Gasteiger partial charge in [-0.2, -0.15) is 0 Å². The molecule has 3 rings (SSSR count). The number of aliphatic hydroxyl groups is 1. The van der Waals surface area contributed by atoms with Crippen molar-refractivity contribution >= 4 is 34.8 Å². The quantitative estimate of drug-likeness (QED) is 0.201. The molecule has 0 bridgehead atoms. The number of benzene rings is 1. The molecule has 2 aromatic heterocycles. The third kappa shape index (κ3) is 5.99. The highest BCUT2D eigenvalue weighted by molar-refractivity contribution is 6.33. The summed E-state index contributed by atoms with van der Waals surface area (Å²) < 4.78 is 1.90. The number of nitrogens with two attached hydrogens (primary N) is 1. The Morgan fingerprint density at radius 2 is 2.03 bits per heavy atom. The van der Waals surface area contributed by atoms with Gasteiger partial charge < -0.3 is 26.0 Å². The molecular weight excluding hydrogens is 448 g/mol. The van der Waals surface area contributed by atoms with Crippen molar-refractivity contribution in [2.75, 3.05) is 24.2 Å². The maximum absolute atomic E-state index is 12.8. The van der Waals surface area contributed by atoms with E-state index >= 15 is 0 Å². The number of amides is 1. The van der Waals surface area contributed by atoms with Gasteiger partial charge in [0.05, 0.1) is 17.1 Å². The summed E-state index contributed by atoms with van der Waals surface area (Å²) >= 11 is 6.37. The SMILES string of the molecule is C[C@H](CO)NC(=O)c1cn(CCCNc2ccc([N+](=O)[O-])c(N)n2)cc1-c1ccccc1Cl. The van der Waals surface area contributed by atoms with Gasteiger partial charge in [0.1, 0.15) is 5.82 Å². The first-order chi connectivity index (χ1) is 15.8. The van der Waals surface area contributed by atoms with E-state index in [1.807, 2.05) is 29.0 Å². The number of halogens is 1. The van der Waals surface area contributed by atoms with Gasteiger partial charge in [-0.25, -0.2) is 4.98 Å². The van der Waals surface area contributed by atoms with Gasteiger partial charge in [0.2, 0.25) is 5.82 Å². The van der Waals surface area contributed by atoms with Crippen LogP contribution in [-0.2, 0) is 6.54 Å². The zero-order chi connectivity index (χ0) is 24.0. The van der Waals surface area contributed by atoms with Crippen LogP contribution in [-0.4, -0.2) is 44.7 Å². The molecule has 0 aliphatic carbocycles. The Kier molecular flexibility index (Phi) is 7.86. The van der Waals surface area contributed by atoms with Crippen molar-refractivity contribution in [3.63, 3.8) is 0 Å². The van der Waals surface area contributed by atoms with E-state index in [0.717, 1.165) is 5.56 Å². The van der Waals surface area contributed by atoms with Crippen molar-refractivity contribution < 1.29 is 14.8 Å². The van der Waals surface area contributed by atoms with Crippen molar-refractivity contribution in [1.29, 1.82) is 0 Å². The van der Waals surface area contributed by atoms with E-state index in [1.54, 1.807) is 19.2 Å². The number of aromatic nitrogens is 2. The molecule has 3 aromatic rings. The van der Waals surface area contributed by atoms with Gasteiger partial charge >= 0.3 is 5.69 Å². The Labute approximate surface area is 195 Å². The van der Waals surface area contributed by atoms with Gasteiger partial charge in [-0.15, -0.1) is 0 Å². The number of carbonyl (C=O) groups is 1. The lowest BCUT2D eigenvalue weighted by Gasteiger charge is -2.11. The normalized spacial score (nSPS) is 11.7. The molecule has 174 valence electrons. The number of aryl methyl sites for hydroxylation is 1. The topological polar surface area (TPSA) is 148 Å². The molecule has 33 heavy (non-hydrogen) atoms. The van der Waals surface area contributed by atoms with Gasteiger partial charge in [-0.05, 0) is 25.5 Å². The highest BCUT2D eigenvalue weighted by Gasteiger charge is 2.19. The summed E-state index contributed by atoms with van der Waals surface area (Å²) in [6.07, 6.45) is 4.30. The Balaban J connectivity index is 1.71. The van der Waals surface area contributed by atoms with Gasteiger partial charge in [-0.1, -0.05) is 29.8 Å². The van der Waals surface area contributed by atoms with Crippen molar-refractivity contribution in [3.05, 3.63) is 69.5 Å². The Bertz CT molecular complexity index is 1150. The van der Waals surface area contributed by atoms with Crippen LogP contribution in [0.5, 0.6) is 0 Å². The number of anilines is 2. The van der Waals surface area contributed by atoms with Crippen LogP contribution in [0.15, 0.2) is 48.8 Å². The molecule has 0 fully saturated rings.